The third-order valence-electron chi connectivity index (χ3n) is 11.2. The first-order chi connectivity index (χ1) is 31.6. The Hall–Kier alpha value is -7.29. The molecule has 2 aromatic carbocycles. The van der Waals surface area contributed by atoms with Crippen molar-refractivity contribution in [3.8, 4) is 0 Å². The fraction of sp³-hybridized carbons (Fsp3) is 0.400. The number of carboxylic acids is 2. The number of H-pyrrole nitrogens is 1. The summed E-state index contributed by atoms with van der Waals surface area (Å²) in [6.07, 6.45) is -1.52. The molecule has 2 aliphatic rings. The van der Waals surface area contributed by atoms with E-state index >= 15 is 0 Å². The van der Waals surface area contributed by atoms with Gasteiger partial charge in [-0.25, -0.2) is 0 Å². The molecule has 7 N–H and O–H groups in total. The van der Waals surface area contributed by atoms with Gasteiger partial charge < -0.3 is 66.5 Å². The number of para-hydroxylation sites is 2. The van der Waals surface area contributed by atoms with Gasteiger partial charge in [0.2, 0.25) is 41.4 Å². The van der Waals surface area contributed by atoms with Gasteiger partial charge in [-0.05, 0) is 47.5 Å². The quantitative estimate of drug-likeness (QED) is 0.0823. The van der Waals surface area contributed by atoms with Crippen LogP contribution in [0.3, 0.4) is 0 Å². The van der Waals surface area contributed by atoms with Crippen LogP contribution in [-0.4, -0.2) is 120 Å². The van der Waals surface area contributed by atoms with Crippen LogP contribution in [0.25, 0.3) is 10.9 Å². The van der Waals surface area contributed by atoms with E-state index in [0.717, 1.165) is 17.0 Å². The van der Waals surface area contributed by atoms with Crippen molar-refractivity contribution in [2.75, 3.05) is 31.1 Å². The van der Waals surface area contributed by atoms with Crippen LogP contribution in [0.1, 0.15) is 56.0 Å². The normalized spacial score (nSPS) is 22.8. The van der Waals surface area contributed by atoms with E-state index < -0.39 is 109 Å². The molecule has 66 heavy (non-hydrogen) atoms. The summed E-state index contributed by atoms with van der Waals surface area (Å²) >= 11 is 1.06. The number of hydrogen-bond donors (Lipinski definition) is 7. The topological polar surface area (TPSA) is 294 Å². The number of carboxylic acid groups (broad SMARTS) is 2. The first-order valence-electron chi connectivity index (χ1n) is 21.4. The highest BCUT2D eigenvalue weighted by atomic mass is 32.1. The highest BCUT2D eigenvalue weighted by Gasteiger charge is 2.37. The van der Waals surface area contributed by atoms with Crippen molar-refractivity contribution in [2.24, 2.45) is 5.92 Å². The van der Waals surface area contributed by atoms with Crippen molar-refractivity contribution in [3.63, 3.8) is 0 Å². The lowest BCUT2D eigenvalue weighted by Crippen LogP contribution is -2.62. The van der Waals surface area contributed by atoms with Gasteiger partial charge in [0.15, 0.2) is 0 Å². The summed E-state index contributed by atoms with van der Waals surface area (Å²) in [6, 6.07) is 9.57. The SMILES string of the molecule is CC(C)C[C@@H]1NC(=O)[C@@H](c2cccs2)NC(=O)[C@H](CC(=O)[O-])NC(=O)[C@H](CC(=O)N2CCN(c3ccccc3)CC2)NC(=O)[C@@H](CC(=O)[O-])NC(=O)[C@@H](Cc2c[nH]c3ccccc23)NC1=O. The van der Waals surface area contributed by atoms with Crippen molar-refractivity contribution < 1.29 is 53.4 Å². The summed E-state index contributed by atoms with van der Waals surface area (Å²) in [7, 11) is 0. The lowest BCUT2D eigenvalue weighted by atomic mass is 10.00. The Kier molecular flexibility index (Phi) is 16.1. The van der Waals surface area contributed by atoms with Crippen LogP contribution in [0.4, 0.5) is 5.69 Å². The number of piperazine rings is 1. The fourth-order valence-corrected chi connectivity index (χ4v) is 8.63. The molecular weight excluding hydrogens is 875 g/mol. The van der Waals surface area contributed by atoms with Gasteiger partial charge in [-0.15, -0.1) is 11.3 Å². The molecule has 2 fully saturated rings. The molecule has 0 radical (unpaired) electrons. The zero-order valence-corrected chi connectivity index (χ0v) is 37.0. The van der Waals surface area contributed by atoms with Gasteiger partial charge >= 0.3 is 0 Å². The van der Waals surface area contributed by atoms with Gasteiger partial charge in [0.05, 0.1) is 6.42 Å². The fourth-order valence-electron chi connectivity index (χ4n) is 7.86. The second-order valence-corrected chi connectivity index (χ2v) is 17.5. The molecule has 0 unspecified atom stereocenters. The van der Waals surface area contributed by atoms with E-state index in [1.807, 2.05) is 35.2 Å². The van der Waals surface area contributed by atoms with Crippen LogP contribution in [0, 0.1) is 5.92 Å². The molecule has 0 spiro atoms. The highest BCUT2D eigenvalue weighted by molar-refractivity contribution is 7.10. The van der Waals surface area contributed by atoms with Gasteiger partial charge in [-0.3, -0.25) is 33.6 Å². The lowest BCUT2D eigenvalue weighted by Gasteiger charge is -2.36. The zero-order valence-electron chi connectivity index (χ0n) is 36.2. The van der Waals surface area contributed by atoms with Gasteiger partial charge in [-0.2, -0.15) is 0 Å². The van der Waals surface area contributed by atoms with Crippen LogP contribution >= 0.6 is 11.3 Å². The highest BCUT2D eigenvalue weighted by Crippen LogP contribution is 2.23. The molecule has 21 heteroatoms. The van der Waals surface area contributed by atoms with Gasteiger partial charge in [-0.1, -0.05) is 56.3 Å². The van der Waals surface area contributed by atoms with Crippen molar-refractivity contribution in [3.05, 3.63) is 88.7 Å². The number of anilines is 1. The van der Waals surface area contributed by atoms with E-state index in [4.69, 9.17) is 0 Å². The molecule has 4 aromatic rings. The Morgan fingerprint density at radius 1 is 0.621 bits per heavy atom. The second kappa shape index (κ2) is 22.1. The Morgan fingerprint density at radius 2 is 1.15 bits per heavy atom. The third-order valence-corrected chi connectivity index (χ3v) is 12.2. The second-order valence-electron chi connectivity index (χ2n) is 16.5. The zero-order chi connectivity index (χ0) is 47.5. The smallest absolute Gasteiger partial charge is 0.248 e. The molecule has 7 amide bonds. The van der Waals surface area contributed by atoms with E-state index in [0.29, 0.717) is 29.6 Å². The minimum absolute atomic E-state index is 0.0337. The molecule has 350 valence electrons. The molecule has 0 saturated carbocycles. The first-order valence-corrected chi connectivity index (χ1v) is 22.3. The predicted molar refractivity (Wildman–Crippen MR) is 235 cm³/mol. The average Bonchev–Trinajstić information content (AvgIpc) is 3.97. The number of aromatic nitrogens is 1. The van der Waals surface area contributed by atoms with Gasteiger partial charge in [0.25, 0.3) is 0 Å². The first kappa shape index (κ1) is 48.2. The monoisotopic (exact) mass is 925 g/mol. The number of fused-ring (bicyclic) bond motifs is 1. The number of aromatic amines is 1. The number of aliphatic carboxylic acids is 2. The summed E-state index contributed by atoms with van der Waals surface area (Å²) in [5.74, 6) is -10.8. The molecule has 4 heterocycles. The van der Waals surface area contributed by atoms with Gasteiger partial charge in [0, 0.05) is 85.0 Å². The summed E-state index contributed by atoms with van der Waals surface area (Å²) in [6.45, 7) is 4.82. The number of nitrogens with zero attached hydrogens (tertiary/aromatic N) is 2. The average molecular weight is 926 g/mol. The molecule has 0 bridgehead atoms. The minimum Gasteiger partial charge on any atom is -0.550 e. The molecule has 6 rings (SSSR count). The Bertz CT molecular complexity index is 2420. The predicted octanol–water partition coefficient (Wildman–Crippen LogP) is -1.87. The number of benzene rings is 2. The van der Waals surface area contributed by atoms with Gasteiger partial charge in [0.1, 0.15) is 36.3 Å². The molecule has 6 atom stereocenters. The number of thiophene rings is 1. The minimum atomic E-state index is -1.95. The number of nitrogens with one attached hydrogen (secondary N) is 7. The maximum absolute atomic E-state index is 14.3. The van der Waals surface area contributed by atoms with Crippen molar-refractivity contribution in [1.82, 2.24) is 41.8 Å². The maximum atomic E-state index is 14.3. The van der Waals surface area contributed by atoms with Crippen molar-refractivity contribution >= 4 is 81.2 Å². The van der Waals surface area contributed by atoms with E-state index in [1.54, 1.807) is 55.8 Å². The molecule has 2 aliphatic heterocycles. The van der Waals surface area contributed by atoms with Crippen LogP contribution < -0.4 is 47.0 Å². The third kappa shape index (κ3) is 12.7. The van der Waals surface area contributed by atoms with Crippen LogP contribution in [0.5, 0.6) is 0 Å². The summed E-state index contributed by atoms with van der Waals surface area (Å²) in [5.41, 5.74) is 2.19. The molecule has 0 aliphatic carbocycles. The van der Waals surface area contributed by atoms with E-state index in [-0.39, 0.29) is 36.7 Å². The molecule has 2 saturated heterocycles. The largest absolute Gasteiger partial charge is 0.550 e. The standard InChI is InChI=1S/C45H53N9O11S/c1-25(2)19-30-40(60)47-31(20-26-24-46-29-12-7-6-11-28(26)29)41(61)49-33(22-37(56)57)43(63)48-32(21-36(55)54-16-14-53(15-17-54)27-9-4-3-5-10-27)42(62)50-34(23-38(58)59)44(64)52-39(45(65)51-30)35-13-8-18-66-35/h3-13,18,24-25,30-34,39,46H,14-17,19-23H2,1-2H3,(H,47,60)(H,48,63)(H,49,61)(H,50,62)(H,51,65)(H,52,64)(H,56,57)(H,58,59)/p-2/t30-,31+,32-,33+,34-,39+/m0/s1. The number of amides is 7. The Labute approximate surface area is 383 Å². The summed E-state index contributed by atoms with van der Waals surface area (Å²) < 4.78 is 0. The molecule has 2 aromatic heterocycles. The van der Waals surface area contributed by atoms with E-state index in [2.05, 4.69) is 36.9 Å². The van der Waals surface area contributed by atoms with Crippen molar-refractivity contribution in [1.29, 1.82) is 0 Å². The number of carbonyl (C=O) groups is 9. The number of rotatable bonds is 12. The van der Waals surface area contributed by atoms with Crippen LogP contribution in [-0.2, 0) is 49.6 Å². The summed E-state index contributed by atoms with van der Waals surface area (Å²) in [4.78, 5) is 130. The van der Waals surface area contributed by atoms with Crippen LogP contribution in [0.2, 0.25) is 0 Å². The summed E-state index contributed by atoms with van der Waals surface area (Å²) in [5, 5.41) is 41.2. The van der Waals surface area contributed by atoms with E-state index in [9.17, 15) is 53.4 Å². The Morgan fingerprint density at radius 3 is 1.74 bits per heavy atom. The molecular formula is C45H51N9O11S-2. The van der Waals surface area contributed by atoms with Crippen molar-refractivity contribution in [2.45, 2.75) is 82.2 Å². The van der Waals surface area contributed by atoms with E-state index in [1.165, 1.54) is 11.0 Å². The number of hydrogen-bond acceptors (Lipinski definition) is 13. The Balaban J connectivity index is 1.36. The maximum Gasteiger partial charge on any atom is 0.248 e. The molecule has 20 nitrogen and oxygen atoms in total. The lowest BCUT2D eigenvalue weighted by molar-refractivity contribution is -0.307. The number of carbonyl (C=O) groups excluding carboxylic acids is 9. The van der Waals surface area contributed by atoms with Crippen LogP contribution in [0.15, 0.2) is 78.3 Å².